The van der Waals surface area contributed by atoms with Crippen LogP contribution in [0.1, 0.15) is 63.1 Å². The number of fused-ring (bicyclic) bond motifs is 2. The molecule has 0 saturated heterocycles. The Hall–Kier alpha value is -2.53. The zero-order chi connectivity index (χ0) is 20.8. The Morgan fingerprint density at radius 2 is 1.48 bits per heavy atom. The fourth-order valence-electron chi connectivity index (χ4n) is 3.62. The lowest BCUT2D eigenvalue weighted by Gasteiger charge is -2.14. The first-order chi connectivity index (χ1) is 14.0. The summed E-state index contributed by atoms with van der Waals surface area (Å²) in [5, 5.41) is 0. The second-order valence-electron chi connectivity index (χ2n) is 7.13. The molecule has 29 heavy (non-hydrogen) atoms. The molecule has 2 aromatic rings. The van der Waals surface area contributed by atoms with Crippen molar-refractivity contribution in [3.8, 4) is 0 Å². The summed E-state index contributed by atoms with van der Waals surface area (Å²) in [6, 6.07) is 11.6. The number of methoxy groups -OCH3 is 1. The van der Waals surface area contributed by atoms with Gasteiger partial charge in [-0.2, -0.15) is 0 Å². The van der Waals surface area contributed by atoms with Gasteiger partial charge in [0.1, 0.15) is 0 Å². The SMILES string of the molecule is COC(=O)/C=C/c1ccc2c(c1)CCCC2=O.O=C1CCCc2cc(Br)ccc21. The number of hydrogen-bond acceptors (Lipinski definition) is 4. The molecule has 0 unspecified atom stereocenters. The first kappa shape index (κ1) is 21.2. The van der Waals surface area contributed by atoms with E-state index in [-0.39, 0.29) is 11.8 Å². The molecule has 4 rings (SSSR count). The van der Waals surface area contributed by atoms with Crippen LogP contribution in [0.3, 0.4) is 0 Å². The quantitative estimate of drug-likeness (QED) is 0.452. The van der Waals surface area contributed by atoms with Gasteiger partial charge in [0.05, 0.1) is 7.11 Å². The smallest absolute Gasteiger partial charge is 0.330 e. The predicted molar refractivity (Wildman–Crippen MR) is 116 cm³/mol. The fraction of sp³-hybridized carbons (Fsp3) is 0.292. The third-order valence-corrected chi connectivity index (χ3v) is 5.60. The van der Waals surface area contributed by atoms with Crippen LogP contribution in [0.4, 0.5) is 0 Å². The average molecular weight is 455 g/mol. The Morgan fingerprint density at radius 3 is 2.10 bits per heavy atom. The van der Waals surface area contributed by atoms with Gasteiger partial charge in [0.25, 0.3) is 0 Å². The van der Waals surface area contributed by atoms with Gasteiger partial charge in [0, 0.05) is 34.5 Å². The van der Waals surface area contributed by atoms with E-state index in [2.05, 4.69) is 20.7 Å². The van der Waals surface area contributed by atoms with Gasteiger partial charge in [0.15, 0.2) is 11.6 Å². The second-order valence-corrected chi connectivity index (χ2v) is 8.04. The first-order valence-electron chi connectivity index (χ1n) is 9.71. The molecule has 2 aliphatic carbocycles. The summed E-state index contributed by atoms with van der Waals surface area (Å²) in [6.07, 6.45) is 8.33. The number of ketones is 2. The molecule has 2 aliphatic rings. The Kier molecular flexibility index (Phi) is 7.15. The summed E-state index contributed by atoms with van der Waals surface area (Å²) < 4.78 is 5.59. The maximum absolute atomic E-state index is 11.6. The summed E-state index contributed by atoms with van der Waals surface area (Å²) in [5.74, 6) is 0.136. The van der Waals surface area contributed by atoms with Crippen LogP contribution in [0.15, 0.2) is 46.9 Å². The van der Waals surface area contributed by atoms with Crippen molar-refractivity contribution in [2.75, 3.05) is 7.11 Å². The number of aryl methyl sites for hydroxylation is 2. The molecule has 0 bridgehead atoms. The molecule has 0 heterocycles. The van der Waals surface area contributed by atoms with Gasteiger partial charge in [-0.25, -0.2) is 4.79 Å². The molecule has 0 atom stereocenters. The number of halogens is 1. The van der Waals surface area contributed by atoms with Crippen LogP contribution in [0, 0.1) is 0 Å². The molecular formula is C24H23BrO4. The topological polar surface area (TPSA) is 60.4 Å². The summed E-state index contributed by atoms with van der Waals surface area (Å²) >= 11 is 3.40. The van der Waals surface area contributed by atoms with Crippen molar-refractivity contribution >= 4 is 39.5 Å². The number of carbonyl (C=O) groups is 3. The zero-order valence-electron chi connectivity index (χ0n) is 16.4. The van der Waals surface area contributed by atoms with Crippen LogP contribution in [-0.4, -0.2) is 24.6 Å². The van der Waals surface area contributed by atoms with Crippen molar-refractivity contribution in [3.63, 3.8) is 0 Å². The van der Waals surface area contributed by atoms with E-state index in [0.29, 0.717) is 18.6 Å². The number of rotatable bonds is 2. The highest BCUT2D eigenvalue weighted by atomic mass is 79.9. The van der Waals surface area contributed by atoms with Gasteiger partial charge >= 0.3 is 5.97 Å². The third kappa shape index (κ3) is 5.51. The zero-order valence-corrected chi connectivity index (χ0v) is 18.0. The monoisotopic (exact) mass is 454 g/mol. The van der Waals surface area contributed by atoms with Crippen molar-refractivity contribution < 1.29 is 19.1 Å². The van der Waals surface area contributed by atoms with Gasteiger partial charge in [0.2, 0.25) is 0 Å². The van der Waals surface area contributed by atoms with Crippen LogP contribution >= 0.6 is 15.9 Å². The summed E-state index contributed by atoms with van der Waals surface area (Å²) in [6.45, 7) is 0. The second kappa shape index (κ2) is 9.79. The molecule has 4 nitrogen and oxygen atoms in total. The van der Waals surface area contributed by atoms with Crippen LogP contribution in [0.2, 0.25) is 0 Å². The molecule has 0 saturated carbocycles. The number of hydrogen-bond donors (Lipinski definition) is 0. The largest absolute Gasteiger partial charge is 0.466 e. The highest BCUT2D eigenvalue weighted by molar-refractivity contribution is 9.10. The molecule has 0 amide bonds. The van der Waals surface area contributed by atoms with E-state index in [0.717, 1.165) is 52.4 Å². The van der Waals surface area contributed by atoms with E-state index in [1.165, 1.54) is 18.7 Å². The minimum absolute atomic E-state index is 0.217. The number of benzene rings is 2. The minimum Gasteiger partial charge on any atom is -0.466 e. The fourth-order valence-corrected chi connectivity index (χ4v) is 4.03. The standard InChI is InChI=1S/C14H14O3.C10H9BrO/c1-17-14(16)8-6-10-5-7-12-11(9-10)3-2-4-13(12)15;11-8-4-5-9-7(6-8)2-1-3-10(9)12/h5-9H,2-4H2,1H3;4-6H,1-3H2/b8-6+;. The van der Waals surface area contributed by atoms with Gasteiger partial charge in [-0.15, -0.1) is 0 Å². The lowest BCUT2D eigenvalue weighted by atomic mass is 9.89. The highest BCUT2D eigenvalue weighted by Crippen LogP contribution is 2.24. The maximum atomic E-state index is 11.6. The lowest BCUT2D eigenvalue weighted by Crippen LogP contribution is -2.10. The molecule has 5 heteroatoms. The molecule has 2 aromatic carbocycles. The Labute approximate surface area is 179 Å². The molecule has 0 aliphatic heterocycles. The minimum atomic E-state index is -0.376. The van der Waals surface area contributed by atoms with Crippen LogP contribution < -0.4 is 0 Å². The Balaban J connectivity index is 0.000000176. The normalized spacial score (nSPS) is 15.2. The van der Waals surface area contributed by atoms with E-state index < -0.39 is 0 Å². The molecule has 150 valence electrons. The van der Waals surface area contributed by atoms with E-state index in [4.69, 9.17) is 0 Å². The Bertz CT molecular complexity index is 975. The summed E-state index contributed by atoms with van der Waals surface area (Å²) in [5.41, 5.74) is 4.94. The number of carbonyl (C=O) groups excluding carboxylic acids is 3. The van der Waals surface area contributed by atoms with Gasteiger partial charge < -0.3 is 4.74 Å². The van der Waals surface area contributed by atoms with Crippen molar-refractivity contribution in [1.82, 2.24) is 0 Å². The third-order valence-electron chi connectivity index (χ3n) is 5.11. The summed E-state index contributed by atoms with van der Waals surface area (Å²) in [7, 11) is 1.35. The summed E-state index contributed by atoms with van der Waals surface area (Å²) in [4.78, 5) is 34.0. The average Bonchev–Trinajstić information content (AvgIpc) is 2.72. The van der Waals surface area contributed by atoms with Crippen LogP contribution in [0.5, 0.6) is 0 Å². The lowest BCUT2D eigenvalue weighted by molar-refractivity contribution is -0.134. The first-order valence-corrected chi connectivity index (χ1v) is 10.5. The van der Waals surface area contributed by atoms with Crippen molar-refractivity contribution in [2.24, 2.45) is 0 Å². The molecule has 0 radical (unpaired) electrons. The predicted octanol–water partition coefficient (Wildman–Crippen LogP) is 5.36. The maximum Gasteiger partial charge on any atom is 0.330 e. The molecule has 0 spiro atoms. The van der Waals surface area contributed by atoms with Crippen LogP contribution in [0.25, 0.3) is 6.08 Å². The van der Waals surface area contributed by atoms with E-state index >= 15 is 0 Å². The van der Waals surface area contributed by atoms with E-state index in [1.807, 2.05) is 36.4 Å². The van der Waals surface area contributed by atoms with E-state index in [9.17, 15) is 14.4 Å². The Morgan fingerprint density at radius 1 is 0.897 bits per heavy atom. The molecule has 0 fully saturated rings. The molecular weight excluding hydrogens is 432 g/mol. The molecule has 0 N–H and O–H groups in total. The van der Waals surface area contributed by atoms with Gasteiger partial charge in [-0.3, -0.25) is 9.59 Å². The number of ether oxygens (including phenoxy) is 1. The number of Topliss-reactive ketones (excluding diaryl/α,β-unsaturated/α-hetero) is 2. The van der Waals surface area contributed by atoms with Crippen molar-refractivity contribution in [2.45, 2.75) is 38.5 Å². The highest BCUT2D eigenvalue weighted by Gasteiger charge is 2.17. The van der Waals surface area contributed by atoms with E-state index in [1.54, 1.807) is 6.08 Å². The van der Waals surface area contributed by atoms with Crippen molar-refractivity contribution in [1.29, 1.82) is 0 Å². The van der Waals surface area contributed by atoms with Gasteiger partial charge in [-0.05, 0) is 60.6 Å². The van der Waals surface area contributed by atoms with Crippen molar-refractivity contribution in [3.05, 3.63) is 74.8 Å². The van der Waals surface area contributed by atoms with Gasteiger partial charge in [-0.1, -0.05) is 40.2 Å². The van der Waals surface area contributed by atoms with Crippen LogP contribution in [-0.2, 0) is 22.4 Å². The molecule has 0 aromatic heterocycles. The number of esters is 1.